The Kier molecular flexibility index (Phi) is 38.3. The molecule has 2 aromatic carbocycles. The molecule has 0 aliphatic heterocycles. The van der Waals surface area contributed by atoms with E-state index in [9.17, 15) is 14.9 Å². The minimum Gasteiger partial charge on any atom is -0.481 e. The zero-order valence-electron chi connectivity index (χ0n) is 36.7. The lowest BCUT2D eigenvalue weighted by atomic mass is 10.1. The fourth-order valence-electron chi connectivity index (χ4n) is 4.34. The maximum absolute atomic E-state index is 12.0. The third-order valence-electron chi connectivity index (χ3n) is 7.74. The molecular weight excluding hydrogens is 921 g/mol. The van der Waals surface area contributed by atoms with Crippen LogP contribution in [0.5, 0.6) is 0 Å². The summed E-state index contributed by atoms with van der Waals surface area (Å²) < 4.78 is 36.6. The number of aliphatic carboxylic acids is 1. The first kappa shape index (κ1) is 60.6. The number of hydrogen-bond donors (Lipinski definition) is 2. The van der Waals surface area contributed by atoms with E-state index in [1.807, 2.05) is 60.7 Å². The molecule has 0 heterocycles. The summed E-state index contributed by atoms with van der Waals surface area (Å²) in [5, 5.41) is 33.3. The number of aliphatic hydroxyl groups is 1. The summed E-state index contributed by atoms with van der Waals surface area (Å²) >= 11 is 13.3. The van der Waals surface area contributed by atoms with Gasteiger partial charge >= 0.3 is 11.9 Å². The molecule has 2 atom stereocenters. The Hall–Kier alpha value is -4.42. The van der Waals surface area contributed by atoms with Crippen LogP contribution in [0.25, 0.3) is 25.7 Å². The van der Waals surface area contributed by atoms with Crippen molar-refractivity contribution in [3.63, 3.8) is 0 Å². The molecule has 0 saturated carbocycles. The van der Waals surface area contributed by atoms with Crippen molar-refractivity contribution in [2.75, 3.05) is 106 Å². The lowest BCUT2D eigenvalue weighted by Gasteiger charge is -2.20. The summed E-state index contributed by atoms with van der Waals surface area (Å²) in [4.78, 5) is 30.5. The standard InChI is InChI=1S/C21H28N4O5S2.C13H13NO2S2.C8H17N3O4/c1-21(17-22,32-20(31)18-5-3-2-4-6-18)8-7-19(26)30-16-15-29-14-13-28-12-11-27-10-9-24-25-23;1-13(14-2,9-8-11(15)16)18-12(17)10-6-4-3-5-7-10;9-11-10-1-3-13-5-7-15-8-6-14-4-2-12/h2-6H,7-16H2,1H3;3-7H,8-9H2,1H3,(H,15,16);12H,1-8H2. The number of rotatable bonds is 33. The number of esters is 1. The van der Waals surface area contributed by atoms with Gasteiger partial charge in [0, 0.05) is 42.7 Å². The van der Waals surface area contributed by atoms with Crippen LogP contribution in [0.1, 0.15) is 50.7 Å². The molecule has 356 valence electrons. The van der Waals surface area contributed by atoms with E-state index in [-0.39, 0.29) is 45.1 Å². The number of thiocarbonyl (C=S) groups is 2. The van der Waals surface area contributed by atoms with Crippen LogP contribution < -0.4 is 0 Å². The Labute approximate surface area is 399 Å². The number of thioether (sulfide) groups is 2. The number of carboxylic acid groups (broad SMARTS) is 1. The molecule has 2 aromatic rings. The Bertz CT molecular complexity index is 1820. The number of benzene rings is 2. The van der Waals surface area contributed by atoms with Gasteiger partial charge in [0.25, 0.3) is 4.87 Å². The van der Waals surface area contributed by atoms with Gasteiger partial charge in [-0.15, -0.1) is 0 Å². The van der Waals surface area contributed by atoms with Gasteiger partial charge in [-0.25, -0.2) is 6.57 Å². The molecule has 0 aliphatic rings. The van der Waals surface area contributed by atoms with Crippen LogP contribution in [0.2, 0.25) is 0 Å². The van der Waals surface area contributed by atoms with Crippen molar-refractivity contribution in [3.05, 3.63) is 104 Å². The Balaban J connectivity index is 0.00000104. The fraction of sp³-hybridized carbons (Fsp3) is 0.571. The molecule has 0 saturated heterocycles. The Morgan fingerprint density at radius 3 is 1.51 bits per heavy atom. The maximum Gasteiger partial charge on any atom is 0.305 e. The minimum absolute atomic E-state index is 0.0245. The normalized spacial score (nSPS) is 12.0. The van der Waals surface area contributed by atoms with Crippen LogP contribution in [-0.2, 0) is 42.7 Å². The number of nitriles is 1. The van der Waals surface area contributed by atoms with E-state index in [2.05, 4.69) is 31.0 Å². The predicted molar refractivity (Wildman–Crippen MR) is 258 cm³/mol. The van der Waals surface area contributed by atoms with E-state index in [0.717, 1.165) is 11.1 Å². The second-order valence-corrected chi connectivity index (χ2v) is 17.4. The smallest absolute Gasteiger partial charge is 0.305 e. The SMILES string of the molecule is CC(C#N)(CCC(=O)OCCOCCOCCOCCN=[N+]=[N-])SC(=S)c1ccccc1.[C-]#[N+]C(C)(CCC(=O)O)SC(=S)c1ccccc1.[N-]=[N+]=NCCOCCOCCOCCO. The van der Waals surface area contributed by atoms with E-state index < -0.39 is 15.6 Å². The van der Waals surface area contributed by atoms with Crippen molar-refractivity contribution >= 4 is 68.3 Å². The number of carbonyl (C=O) groups excluding carboxylic acids is 1. The fourth-order valence-corrected chi connectivity index (χ4v) is 7.52. The first-order chi connectivity index (χ1) is 31.4. The molecular formula is C42H58N8O11S4. The zero-order chi connectivity index (χ0) is 48.3. The minimum atomic E-state index is -0.892. The van der Waals surface area contributed by atoms with Gasteiger partial charge < -0.3 is 43.4 Å². The number of nitrogens with zero attached hydrogens (tertiary/aromatic N) is 8. The van der Waals surface area contributed by atoms with Crippen molar-refractivity contribution in [1.29, 1.82) is 5.26 Å². The average molecular weight is 979 g/mol. The number of azide groups is 2. The lowest BCUT2D eigenvalue weighted by molar-refractivity contribution is -0.145. The van der Waals surface area contributed by atoms with E-state index in [1.165, 1.54) is 23.5 Å². The van der Waals surface area contributed by atoms with Crippen LogP contribution in [-0.4, -0.2) is 146 Å². The molecule has 0 amide bonds. The number of carbonyl (C=O) groups is 2. The molecule has 0 radical (unpaired) electrons. The molecule has 0 spiro atoms. The van der Waals surface area contributed by atoms with Crippen molar-refractivity contribution in [3.8, 4) is 6.07 Å². The number of carboxylic acids is 1. The van der Waals surface area contributed by atoms with Crippen molar-refractivity contribution in [2.24, 2.45) is 10.2 Å². The summed E-state index contributed by atoms with van der Waals surface area (Å²) in [5.41, 5.74) is 17.8. The largest absolute Gasteiger partial charge is 0.481 e. The molecule has 65 heavy (non-hydrogen) atoms. The summed E-state index contributed by atoms with van der Waals surface area (Å²) in [5.74, 6) is -1.27. The van der Waals surface area contributed by atoms with E-state index in [4.69, 9.17) is 85.4 Å². The number of hydrogen-bond acceptors (Lipinski definition) is 17. The first-order valence-electron chi connectivity index (χ1n) is 20.2. The van der Waals surface area contributed by atoms with Crippen LogP contribution in [0.3, 0.4) is 0 Å². The molecule has 2 rings (SSSR count). The summed E-state index contributed by atoms with van der Waals surface area (Å²) in [6.45, 7) is 16.4. The van der Waals surface area contributed by atoms with Gasteiger partial charge in [-0.2, -0.15) is 5.26 Å². The highest BCUT2D eigenvalue weighted by Crippen LogP contribution is 2.35. The maximum atomic E-state index is 12.0. The topological polar surface area (TPSA) is 265 Å². The van der Waals surface area contributed by atoms with Crippen LogP contribution in [0.4, 0.5) is 0 Å². The summed E-state index contributed by atoms with van der Waals surface area (Å²) in [6.07, 6.45) is 0.712. The van der Waals surface area contributed by atoms with Crippen LogP contribution in [0, 0.1) is 17.9 Å². The van der Waals surface area contributed by atoms with Gasteiger partial charge in [0.15, 0.2) is 0 Å². The highest BCUT2D eigenvalue weighted by molar-refractivity contribution is 8.25. The first-order valence-corrected chi connectivity index (χ1v) is 22.7. The van der Waals surface area contributed by atoms with Gasteiger partial charge in [-0.3, -0.25) is 14.4 Å². The molecule has 2 N–H and O–H groups in total. The molecule has 0 fully saturated rings. The van der Waals surface area contributed by atoms with Crippen LogP contribution >= 0.6 is 48.0 Å². The van der Waals surface area contributed by atoms with E-state index in [0.29, 0.717) is 101 Å². The van der Waals surface area contributed by atoms with Crippen LogP contribution in [0.15, 0.2) is 70.9 Å². The quantitative estimate of drug-likeness (QED) is 0.0130. The number of aliphatic hydroxyl groups excluding tert-OH is 1. The summed E-state index contributed by atoms with van der Waals surface area (Å²) in [6, 6.07) is 21.2. The Morgan fingerprint density at radius 1 is 0.692 bits per heavy atom. The summed E-state index contributed by atoms with van der Waals surface area (Å²) in [7, 11) is 0. The van der Waals surface area contributed by atoms with Gasteiger partial charge in [0.2, 0.25) is 0 Å². The van der Waals surface area contributed by atoms with E-state index in [1.54, 1.807) is 13.8 Å². The van der Waals surface area contributed by atoms with E-state index >= 15 is 0 Å². The Morgan fingerprint density at radius 2 is 1.11 bits per heavy atom. The van der Waals surface area contributed by atoms with Gasteiger partial charge in [-0.05, 0) is 47.3 Å². The highest BCUT2D eigenvalue weighted by atomic mass is 32.2. The van der Waals surface area contributed by atoms with Gasteiger partial charge in [-0.1, -0.05) is 107 Å². The van der Waals surface area contributed by atoms with Gasteiger partial charge in [0.05, 0.1) is 107 Å². The molecule has 23 heteroatoms. The zero-order valence-corrected chi connectivity index (χ0v) is 40.0. The second kappa shape index (κ2) is 41.0. The average Bonchev–Trinajstić information content (AvgIpc) is 3.32. The molecule has 0 bridgehead atoms. The van der Waals surface area contributed by atoms with Crippen molar-refractivity contribution < 1.29 is 53.0 Å². The highest BCUT2D eigenvalue weighted by Gasteiger charge is 2.34. The third-order valence-corrected chi connectivity index (χ3v) is 11.0. The molecule has 0 aromatic heterocycles. The lowest BCUT2D eigenvalue weighted by Crippen LogP contribution is -2.22. The predicted octanol–water partition coefficient (Wildman–Crippen LogP) is 8.00. The molecule has 2 unspecified atom stereocenters. The van der Waals surface area contributed by atoms with Gasteiger partial charge in [0.1, 0.15) is 11.4 Å². The molecule has 19 nitrogen and oxygen atoms in total. The molecule has 0 aliphatic carbocycles. The van der Waals surface area contributed by atoms with Crippen molar-refractivity contribution in [2.45, 2.75) is 49.1 Å². The van der Waals surface area contributed by atoms with Crippen molar-refractivity contribution in [1.82, 2.24) is 0 Å². The second-order valence-electron chi connectivity index (χ2n) is 13.1. The third kappa shape index (κ3) is 35.5. The monoisotopic (exact) mass is 978 g/mol. The number of ether oxygens (including phenoxy) is 7.